The Morgan fingerprint density at radius 3 is 2.64 bits per heavy atom. The van der Waals surface area contributed by atoms with Gasteiger partial charge < -0.3 is 10.2 Å². The van der Waals surface area contributed by atoms with Gasteiger partial charge in [-0.25, -0.2) is 0 Å². The highest BCUT2D eigenvalue weighted by Crippen LogP contribution is 2.18. The topological polar surface area (TPSA) is 39.1 Å². The third-order valence-electron chi connectivity index (χ3n) is 2.04. The van der Waals surface area contributed by atoms with E-state index in [1.165, 1.54) is 0 Å². The summed E-state index contributed by atoms with van der Waals surface area (Å²) in [6, 6.07) is 7.44. The molecule has 0 amide bonds. The number of hydrogen-bond acceptors (Lipinski definition) is 2. The van der Waals surface area contributed by atoms with E-state index in [-0.39, 0.29) is 0 Å². The third-order valence-corrected chi connectivity index (χ3v) is 2.29. The van der Waals surface area contributed by atoms with Crippen molar-refractivity contribution in [1.29, 1.82) is 5.41 Å². The van der Waals surface area contributed by atoms with Crippen LogP contribution >= 0.6 is 11.6 Å². The van der Waals surface area contributed by atoms with Crippen molar-refractivity contribution < 1.29 is 0 Å². The second-order valence-electron chi connectivity index (χ2n) is 2.99. The molecular formula is C10H10ClN3. The third kappa shape index (κ3) is 1.72. The van der Waals surface area contributed by atoms with E-state index in [2.05, 4.69) is 5.32 Å². The molecule has 2 rings (SSSR count). The molecule has 4 heteroatoms. The fraction of sp³-hybridized carbons (Fsp3) is 0.100. The van der Waals surface area contributed by atoms with E-state index in [0.29, 0.717) is 17.5 Å². The summed E-state index contributed by atoms with van der Waals surface area (Å²) >= 11 is 5.79. The standard InChI is InChI=1S/C10H10ClN3/c11-8-1-3-9(4-2-8)14-7-13-6-5-10(14)12/h1-6,12-13H,7H2. The molecule has 3 nitrogen and oxygen atoms in total. The minimum Gasteiger partial charge on any atom is -0.373 e. The summed E-state index contributed by atoms with van der Waals surface area (Å²) < 4.78 is 0. The molecule has 0 saturated heterocycles. The van der Waals surface area contributed by atoms with Gasteiger partial charge >= 0.3 is 0 Å². The highest BCUT2D eigenvalue weighted by molar-refractivity contribution is 6.30. The van der Waals surface area contributed by atoms with Gasteiger partial charge in [-0.15, -0.1) is 0 Å². The van der Waals surface area contributed by atoms with Crippen LogP contribution in [0.4, 0.5) is 5.69 Å². The molecule has 0 aliphatic carbocycles. The molecule has 1 aliphatic heterocycles. The normalized spacial score (nSPS) is 15.5. The Bertz CT molecular complexity index is 369. The second kappa shape index (κ2) is 3.72. The lowest BCUT2D eigenvalue weighted by atomic mass is 10.2. The predicted molar refractivity (Wildman–Crippen MR) is 58.8 cm³/mol. The van der Waals surface area contributed by atoms with Crippen molar-refractivity contribution in [1.82, 2.24) is 5.32 Å². The van der Waals surface area contributed by atoms with E-state index >= 15 is 0 Å². The number of benzene rings is 1. The van der Waals surface area contributed by atoms with Crippen molar-refractivity contribution in [3.05, 3.63) is 41.6 Å². The molecule has 1 aromatic carbocycles. The molecule has 1 heterocycles. The van der Waals surface area contributed by atoms with Crippen LogP contribution < -0.4 is 10.2 Å². The van der Waals surface area contributed by atoms with Crippen LogP contribution in [0.25, 0.3) is 0 Å². The smallest absolute Gasteiger partial charge is 0.128 e. The molecule has 0 saturated carbocycles. The Kier molecular flexibility index (Phi) is 2.41. The zero-order valence-electron chi connectivity index (χ0n) is 7.50. The monoisotopic (exact) mass is 207 g/mol. The first kappa shape index (κ1) is 9.09. The van der Waals surface area contributed by atoms with Gasteiger partial charge in [0, 0.05) is 16.9 Å². The van der Waals surface area contributed by atoms with Gasteiger partial charge in [0.15, 0.2) is 0 Å². The van der Waals surface area contributed by atoms with Crippen molar-refractivity contribution in [3.63, 3.8) is 0 Å². The molecule has 14 heavy (non-hydrogen) atoms. The van der Waals surface area contributed by atoms with Gasteiger partial charge in [-0.2, -0.15) is 0 Å². The van der Waals surface area contributed by atoms with Crippen molar-refractivity contribution in [2.75, 3.05) is 11.6 Å². The summed E-state index contributed by atoms with van der Waals surface area (Å²) in [4.78, 5) is 1.86. The average Bonchev–Trinajstić information content (AvgIpc) is 2.20. The number of nitrogens with zero attached hydrogens (tertiary/aromatic N) is 1. The first-order chi connectivity index (χ1) is 6.77. The summed E-state index contributed by atoms with van der Waals surface area (Å²) in [7, 11) is 0. The lowest BCUT2D eigenvalue weighted by Crippen LogP contribution is -2.39. The van der Waals surface area contributed by atoms with Crippen molar-refractivity contribution in [3.8, 4) is 0 Å². The van der Waals surface area contributed by atoms with Crippen molar-refractivity contribution in [2.45, 2.75) is 0 Å². The fourth-order valence-corrected chi connectivity index (χ4v) is 1.43. The van der Waals surface area contributed by atoms with Crippen LogP contribution in [0, 0.1) is 5.41 Å². The van der Waals surface area contributed by atoms with Crippen LogP contribution in [0.5, 0.6) is 0 Å². The minimum atomic E-state index is 0.478. The van der Waals surface area contributed by atoms with Gasteiger partial charge in [0.1, 0.15) is 5.84 Å². The van der Waals surface area contributed by atoms with Crippen LogP contribution in [0.15, 0.2) is 36.5 Å². The van der Waals surface area contributed by atoms with Crippen LogP contribution in [0.3, 0.4) is 0 Å². The predicted octanol–water partition coefficient (Wildman–Crippen LogP) is 2.20. The van der Waals surface area contributed by atoms with Crippen LogP contribution in [0.2, 0.25) is 5.02 Å². The first-order valence-corrected chi connectivity index (χ1v) is 4.67. The number of nitrogens with one attached hydrogen (secondary N) is 2. The molecule has 1 aromatic rings. The first-order valence-electron chi connectivity index (χ1n) is 4.29. The Morgan fingerprint density at radius 2 is 2.00 bits per heavy atom. The molecule has 2 N–H and O–H groups in total. The number of anilines is 1. The molecule has 72 valence electrons. The zero-order chi connectivity index (χ0) is 9.97. The highest BCUT2D eigenvalue weighted by atomic mass is 35.5. The van der Waals surface area contributed by atoms with Crippen molar-refractivity contribution >= 4 is 23.1 Å². The van der Waals surface area contributed by atoms with E-state index in [1.54, 1.807) is 12.3 Å². The largest absolute Gasteiger partial charge is 0.373 e. The van der Waals surface area contributed by atoms with E-state index < -0.39 is 0 Å². The fourth-order valence-electron chi connectivity index (χ4n) is 1.31. The molecule has 0 fully saturated rings. The van der Waals surface area contributed by atoms with Gasteiger partial charge in [-0.3, -0.25) is 5.41 Å². The second-order valence-corrected chi connectivity index (χ2v) is 3.42. The van der Waals surface area contributed by atoms with Gasteiger partial charge in [-0.05, 0) is 30.3 Å². The molecule has 0 unspecified atom stereocenters. The van der Waals surface area contributed by atoms with Crippen LogP contribution in [-0.2, 0) is 0 Å². The van der Waals surface area contributed by atoms with Crippen LogP contribution in [-0.4, -0.2) is 12.5 Å². The number of halogens is 1. The maximum atomic E-state index is 7.70. The SMILES string of the molecule is N=C1C=CNCN1c1ccc(Cl)cc1. The summed E-state index contributed by atoms with van der Waals surface area (Å²) in [5, 5.41) is 11.5. The van der Waals surface area contributed by atoms with Crippen LogP contribution in [0.1, 0.15) is 0 Å². The summed E-state index contributed by atoms with van der Waals surface area (Å²) in [6.07, 6.45) is 3.49. The Morgan fingerprint density at radius 1 is 1.29 bits per heavy atom. The molecule has 1 aliphatic rings. The van der Waals surface area contributed by atoms with E-state index in [1.807, 2.05) is 29.2 Å². The van der Waals surface area contributed by atoms with Gasteiger partial charge in [0.25, 0.3) is 0 Å². The quantitative estimate of drug-likeness (QED) is 0.741. The Balaban J connectivity index is 2.26. The lowest BCUT2D eigenvalue weighted by molar-refractivity contribution is 0.841. The molecule has 0 atom stereocenters. The van der Waals surface area contributed by atoms with Crippen molar-refractivity contribution in [2.24, 2.45) is 0 Å². The van der Waals surface area contributed by atoms with E-state index in [0.717, 1.165) is 5.69 Å². The molecule has 0 aromatic heterocycles. The molecular weight excluding hydrogens is 198 g/mol. The summed E-state index contributed by atoms with van der Waals surface area (Å²) in [5.74, 6) is 0.478. The van der Waals surface area contributed by atoms with E-state index in [9.17, 15) is 0 Å². The van der Waals surface area contributed by atoms with E-state index in [4.69, 9.17) is 17.0 Å². The van der Waals surface area contributed by atoms with Gasteiger partial charge in [0.2, 0.25) is 0 Å². The highest BCUT2D eigenvalue weighted by Gasteiger charge is 2.11. The Labute approximate surface area is 87.5 Å². The summed E-state index contributed by atoms with van der Waals surface area (Å²) in [6.45, 7) is 0.622. The lowest BCUT2D eigenvalue weighted by Gasteiger charge is -2.26. The maximum absolute atomic E-state index is 7.70. The molecule has 0 spiro atoms. The Hall–Kier alpha value is -1.48. The maximum Gasteiger partial charge on any atom is 0.128 e. The average molecular weight is 208 g/mol. The minimum absolute atomic E-state index is 0.478. The van der Waals surface area contributed by atoms with Gasteiger partial charge in [0.05, 0.1) is 6.67 Å². The number of amidine groups is 1. The molecule has 0 bridgehead atoms. The zero-order valence-corrected chi connectivity index (χ0v) is 8.25. The number of rotatable bonds is 1. The molecule has 0 radical (unpaired) electrons. The number of hydrogen-bond donors (Lipinski definition) is 2. The van der Waals surface area contributed by atoms with Gasteiger partial charge in [-0.1, -0.05) is 11.6 Å². The summed E-state index contributed by atoms with van der Waals surface area (Å²) in [5.41, 5.74) is 0.969.